The van der Waals surface area contributed by atoms with Crippen LogP contribution in [0.3, 0.4) is 0 Å². The van der Waals surface area contributed by atoms with Crippen molar-refractivity contribution >= 4 is 22.0 Å². The Bertz CT molecular complexity index is 337. The first kappa shape index (κ1) is 7.82. The van der Waals surface area contributed by atoms with Crippen LogP contribution in [-0.4, -0.2) is 15.8 Å². The highest BCUT2D eigenvalue weighted by atomic mass is 79.9. The first-order valence-electron chi connectivity index (χ1n) is 2.66. The SMILES string of the molecule is N#Cc1cc(Br)n(C(=O)O)c1. The van der Waals surface area contributed by atoms with Crippen molar-refractivity contribution < 1.29 is 9.90 Å². The van der Waals surface area contributed by atoms with E-state index in [-0.39, 0.29) is 0 Å². The fourth-order valence-corrected chi connectivity index (χ4v) is 1.14. The van der Waals surface area contributed by atoms with E-state index in [4.69, 9.17) is 10.4 Å². The number of carbonyl (C=O) groups is 1. The molecule has 0 aliphatic rings. The van der Waals surface area contributed by atoms with E-state index in [1.807, 2.05) is 6.07 Å². The highest BCUT2D eigenvalue weighted by molar-refractivity contribution is 9.10. The average Bonchev–Trinajstić information content (AvgIpc) is 2.30. The quantitative estimate of drug-likeness (QED) is 0.715. The third kappa shape index (κ3) is 1.41. The minimum atomic E-state index is -1.11. The molecule has 1 rings (SSSR count). The second-order valence-electron chi connectivity index (χ2n) is 1.82. The lowest BCUT2D eigenvalue weighted by Gasteiger charge is -1.92. The van der Waals surface area contributed by atoms with Crippen LogP contribution in [0, 0.1) is 11.3 Å². The van der Waals surface area contributed by atoms with Gasteiger partial charge < -0.3 is 5.11 Å². The van der Waals surface area contributed by atoms with E-state index in [1.165, 1.54) is 12.3 Å². The summed E-state index contributed by atoms with van der Waals surface area (Å²) in [4.78, 5) is 10.4. The molecule has 0 radical (unpaired) electrons. The van der Waals surface area contributed by atoms with E-state index in [0.717, 1.165) is 4.57 Å². The van der Waals surface area contributed by atoms with Crippen LogP contribution in [0.2, 0.25) is 0 Å². The maximum absolute atomic E-state index is 10.4. The van der Waals surface area contributed by atoms with Crippen LogP contribution in [0.25, 0.3) is 0 Å². The average molecular weight is 215 g/mol. The summed E-state index contributed by atoms with van der Waals surface area (Å²) < 4.78 is 1.29. The minimum absolute atomic E-state index is 0.319. The Morgan fingerprint density at radius 1 is 1.82 bits per heavy atom. The third-order valence-electron chi connectivity index (χ3n) is 1.11. The molecule has 1 heterocycles. The zero-order valence-corrected chi connectivity index (χ0v) is 6.87. The van der Waals surface area contributed by atoms with Crippen molar-refractivity contribution in [3.05, 3.63) is 22.4 Å². The van der Waals surface area contributed by atoms with E-state index < -0.39 is 6.09 Å². The van der Waals surface area contributed by atoms with E-state index >= 15 is 0 Å². The predicted molar refractivity (Wildman–Crippen MR) is 40.3 cm³/mol. The van der Waals surface area contributed by atoms with Gasteiger partial charge in [-0.15, -0.1) is 0 Å². The van der Waals surface area contributed by atoms with Crippen molar-refractivity contribution in [3.8, 4) is 6.07 Å². The lowest BCUT2D eigenvalue weighted by molar-refractivity contribution is 0.196. The summed E-state index contributed by atoms with van der Waals surface area (Å²) in [7, 11) is 0. The highest BCUT2D eigenvalue weighted by Gasteiger charge is 2.07. The van der Waals surface area contributed by atoms with Crippen molar-refractivity contribution in [3.63, 3.8) is 0 Å². The van der Waals surface area contributed by atoms with Crippen LogP contribution >= 0.6 is 15.9 Å². The van der Waals surface area contributed by atoms with E-state index in [2.05, 4.69) is 15.9 Å². The topological polar surface area (TPSA) is 66.0 Å². The molecule has 0 bridgehead atoms. The van der Waals surface area contributed by atoms with Gasteiger partial charge in [-0.25, -0.2) is 9.36 Å². The van der Waals surface area contributed by atoms with Gasteiger partial charge >= 0.3 is 6.09 Å². The summed E-state index contributed by atoms with van der Waals surface area (Å²) in [6, 6.07) is 3.27. The van der Waals surface area contributed by atoms with Crippen LogP contribution in [0.4, 0.5) is 4.79 Å². The number of nitriles is 1. The molecule has 0 atom stereocenters. The van der Waals surface area contributed by atoms with Gasteiger partial charge in [0.2, 0.25) is 0 Å². The zero-order chi connectivity index (χ0) is 8.43. The Labute approximate surface area is 70.8 Å². The Morgan fingerprint density at radius 3 is 2.73 bits per heavy atom. The Balaban J connectivity index is 3.20. The molecule has 5 heteroatoms. The summed E-state index contributed by atoms with van der Waals surface area (Å²) in [6.07, 6.45) is 0.130. The number of nitrogens with zero attached hydrogens (tertiary/aromatic N) is 2. The second-order valence-corrected chi connectivity index (χ2v) is 2.63. The fraction of sp³-hybridized carbons (Fsp3) is 0. The van der Waals surface area contributed by atoms with Crippen molar-refractivity contribution in [2.24, 2.45) is 0 Å². The lowest BCUT2D eigenvalue weighted by atomic mass is 10.4. The largest absolute Gasteiger partial charge is 0.464 e. The summed E-state index contributed by atoms with van der Waals surface area (Å²) in [5, 5.41) is 16.9. The molecule has 0 aliphatic heterocycles. The lowest BCUT2D eigenvalue weighted by Crippen LogP contribution is -2.05. The molecule has 0 saturated heterocycles. The number of hydrogen-bond donors (Lipinski definition) is 1. The van der Waals surface area contributed by atoms with Gasteiger partial charge in [0, 0.05) is 6.20 Å². The van der Waals surface area contributed by atoms with Crippen LogP contribution < -0.4 is 0 Å². The van der Waals surface area contributed by atoms with Crippen molar-refractivity contribution in [1.82, 2.24) is 4.57 Å². The summed E-state index contributed by atoms with van der Waals surface area (Å²) >= 11 is 2.99. The molecule has 0 spiro atoms. The van der Waals surface area contributed by atoms with Crippen molar-refractivity contribution in [2.45, 2.75) is 0 Å². The number of hydrogen-bond acceptors (Lipinski definition) is 2. The smallest absolute Gasteiger partial charge is 0.416 e. The van der Waals surface area contributed by atoms with Crippen LogP contribution in [0.15, 0.2) is 16.9 Å². The number of carboxylic acid groups (broad SMARTS) is 1. The second kappa shape index (κ2) is 2.76. The Morgan fingerprint density at radius 2 is 2.45 bits per heavy atom. The molecule has 1 N–H and O–H groups in total. The van der Waals surface area contributed by atoms with Gasteiger partial charge in [0.1, 0.15) is 6.07 Å². The van der Waals surface area contributed by atoms with E-state index in [0.29, 0.717) is 10.2 Å². The van der Waals surface area contributed by atoms with Crippen LogP contribution in [-0.2, 0) is 0 Å². The van der Waals surface area contributed by atoms with Gasteiger partial charge in [0.15, 0.2) is 0 Å². The zero-order valence-electron chi connectivity index (χ0n) is 5.28. The number of halogens is 1. The van der Waals surface area contributed by atoms with Gasteiger partial charge in [-0.2, -0.15) is 5.26 Å². The van der Waals surface area contributed by atoms with Gasteiger partial charge in [-0.05, 0) is 22.0 Å². The molecule has 0 aliphatic carbocycles. The molecule has 0 aromatic carbocycles. The molecule has 1 aromatic heterocycles. The van der Waals surface area contributed by atoms with E-state index in [1.54, 1.807) is 0 Å². The third-order valence-corrected chi connectivity index (χ3v) is 1.72. The molecule has 0 saturated carbocycles. The first-order chi connectivity index (χ1) is 5.15. The fourth-order valence-electron chi connectivity index (χ4n) is 0.644. The van der Waals surface area contributed by atoms with Crippen molar-refractivity contribution in [1.29, 1.82) is 5.26 Å². The van der Waals surface area contributed by atoms with Crippen molar-refractivity contribution in [2.75, 3.05) is 0 Å². The molecule has 56 valence electrons. The molecular weight excluding hydrogens is 212 g/mol. The minimum Gasteiger partial charge on any atom is -0.464 e. The summed E-state index contributed by atoms with van der Waals surface area (Å²) in [5.74, 6) is 0. The maximum atomic E-state index is 10.4. The number of aromatic nitrogens is 1. The standard InChI is InChI=1S/C6H3BrN2O2/c7-5-1-4(2-8)3-9(5)6(10)11/h1,3H,(H,10,11). The Kier molecular flexibility index (Phi) is 1.96. The molecule has 0 fully saturated rings. The normalized spacial score (nSPS) is 9.09. The maximum Gasteiger partial charge on any atom is 0.416 e. The van der Waals surface area contributed by atoms with Gasteiger partial charge in [-0.1, -0.05) is 0 Å². The molecule has 0 amide bonds. The van der Waals surface area contributed by atoms with Crippen LogP contribution in [0.5, 0.6) is 0 Å². The predicted octanol–water partition coefficient (Wildman–Crippen LogP) is 1.65. The Hall–Kier alpha value is -1.28. The highest BCUT2D eigenvalue weighted by Crippen LogP contribution is 2.13. The molecule has 4 nitrogen and oxygen atoms in total. The monoisotopic (exact) mass is 214 g/mol. The summed E-state index contributed by atoms with van der Waals surface area (Å²) in [6.45, 7) is 0. The van der Waals surface area contributed by atoms with E-state index in [9.17, 15) is 4.79 Å². The summed E-state index contributed by atoms with van der Waals surface area (Å²) in [5.41, 5.74) is 0.319. The van der Waals surface area contributed by atoms with Gasteiger partial charge in [0.25, 0.3) is 0 Å². The number of rotatable bonds is 0. The van der Waals surface area contributed by atoms with Gasteiger partial charge in [0.05, 0.1) is 10.2 Å². The molecule has 0 unspecified atom stereocenters. The van der Waals surface area contributed by atoms with Gasteiger partial charge in [-0.3, -0.25) is 0 Å². The molecule has 11 heavy (non-hydrogen) atoms. The van der Waals surface area contributed by atoms with Crippen LogP contribution in [0.1, 0.15) is 5.56 Å². The molecule has 1 aromatic rings. The molecular formula is C6H3BrN2O2. The first-order valence-corrected chi connectivity index (χ1v) is 3.45.